The predicted molar refractivity (Wildman–Crippen MR) is 106 cm³/mol. The van der Waals surface area contributed by atoms with Crippen molar-refractivity contribution in [2.24, 2.45) is 5.92 Å². The van der Waals surface area contributed by atoms with Crippen molar-refractivity contribution in [3.05, 3.63) is 16.0 Å². The smallest absolute Gasteiger partial charge is 0.341 e. The Kier molecular flexibility index (Phi) is 5.73. The fourth-order valence-electron chi connectivity index (χ4n) is 4.37. The van der Waals surface area contributed by atoms with Crippen LogP contribution in [0.3, 0.4) is 0 Å². The highest BCUT2D eigenvalue weighted by molar-refractivity contribution is 7.17. The molecule has 0 saturated carbocycles. The predicted octanol–water partition coefficient (Wildman–Crippen LogP) is 2.44. The summed E-state index contributed by atoms with van der Waals surface area (Å²) in [6.45, 7) is 5.32. The Balaban J connectivity index is 1.41. The van der Waals surface area contributed by atoms with Crippen molar-refractivity contribution in [3.63, 3.8) is 0 Å². The molecule has 4 rings (SSSR count). The lowest BCUT2D eigenvalue weighted by molar-refractivity contribution is -0.185. The molecule has 3 aliphatic rings. The van der Waals surface area contributed by atoms with Gasteiger partial charge in [-0.15, -0.1) is 11.3 Å². The van der Waals surface area contributed by atoms with Crippen LogP contribution in [0.4, 0.5) is 5.00 Å². The van der Waals surface area contributed by atoms with Gasteiger partial charge in [-0.05, 0) is 30.7 Å². The number of hydrogen-bond acceptors (Lipinski definition) is 7. The summed E-state index contributed by atoms with van der Waals surface area (Å²) in [5.41, 5.74) is 1.61. The number of carbonyl (C=O) groups is 2. The van der Waals surface area contributed by atoms with E-state index in [9.17, 15) is 9.59 Å². The van der Waals surface area contributed by atoms with Gasteiger partial charge in [0.25, 0.3) is 0 Å². The van der Waals surface area contributed by atoms with E-state index in [-0.39, 0.29) is 11.9 Å². The Morgan fingerprint density at radius 2 is 2.00 bits per heavy atom. The van der Waals surface area contributed by atoms with E-state index in [4.69, 9.17) is 14.2 Å². The molecule has 1 N–H and O–H groups in total. The van der Waals surface area contributed by atoms with Crippen molar-refractivity contribution in [1.82, 2.24) is 4.90 Å². The van der Waals surface area contributed by atoms with Crippen molar-refractivity contribution >= 4 is 28.2 Å². The third-order valence-electron chi connectivity index (χ3n) is 5.95. The maximum absolute atomic E-state index is 12.7. The van der Waals surface area contributed by atoms with E-state index in [2.05, 4.69) is 17.1 Å². The number of amides is 1. The van der Waals surface area contributed by atoms with Gasteiger partial charge in [-0.2, -0.15) is 0 Å². The molecule has 0 bridgehead atoms. The topological polar surface area (TPSA) is 77.1 Å². The Bertz CT molecular complexity index is 746. The lowest BCUT2D eigenvalue weighted by Gasteiger charge is -2.37. The van der Waals surface area contributed by atoms with E-state index in [1.54, 1.807) is 0 Å². The summed E-state index contributed by atoms with van der Waals surface area (Å²) in [5, 5.41) is 3.61. The van der Waals surface area contributed by atoms with Crippen molar-refractivity contribution in [2.45, 2.75) is 44.8 Å². The van der Waals surface area contributed by atoms with Crippen molar-refractivity contribution < 1.29 is 23.8 Å². The lowest BCUT2D eigenvalue weighted by Crippen LogP contribution is -2.47. The zero-order valence-corrected chi connectivity index (χ0v) is 17.4. The zero-order chi connectivity index (χ0) is 19.7. The molecule has 7 nitrogen and oxygen atoms in total. The van der Waals surface area contributed by atoms with Crippen LogP contribution in [0.5, 0.6) is 0 Å². The van der Waals surface area contributed by atoms with Crippen LogP contribution >= 0.6 is 11.3 Å². The van der Waals surface area contributed by atoms with E-state index in [0.717, 1.165) is 50.8 Å². The van der Waals surface area contributed by atoms with E-state index in [1.807, 2.05) is 0 Å². The van der Waals surface area contributed by atoms with Crippen LogP contribution in [-0.2, 0) is 31.8 Å². The number of likely N-dealkylation sites (tertiary alicyclic amines) is 1. The molecule has 1 spiro atoms. The van der Waals surface area contributed by atoms with E-state index in [1.165, 1.54) is 23.3 Å². The Morgan fingerprint density at radius 3 is 2.68 bits per heavy atom. The maximum atomic E-state index is 12.7. The number of methoxy groups -OCH3 is 1. The number of hydrogen-bond donors (Lipinski definition) is 1. The van der Waals surface area contributed by atoms with Crippen LogP contribution < -0.4 is 5.32 Å². The summed E-state index contributed by atoms with van der Waals surface area (Å²) in [7, 11) is 1.39. The summed E-state index contributed by atoms with van der Waals surface area (Å²) in [5.74, 6) is -0.359. The number of thiophene rings is 1. The van der Waals surface area contributed by atoms with Gasteiger partial charge in [-0.3, -0.25) is 9.69 Å². The van der Waals surface area contributed by atoms with E-state index in [0.29, 0.717) is 36.2 Å². The molecule has 28 heavy (non-hydrogen) atoms. The highest BCUT2D eigenvalue weighted by Crippen LogP contribution is 2.40. The van der Waals surface area contributed by atoms with Gasteiger partial charge in [0.1, 0.15) is 5.00 Å². The fraction of sp³-hybridized carbons (Fsp3) is 0.700. The molecule has 1 amide bonds. The van der Waals surface area contributed by atoms with E-state index < -0.39 is 5.79 Å². The molecule has 2 fully saturated rings. The minimum absolute atomic E-state index is 0.0963. The van der Waals surface area contributed by atoms with Gasteiger partial charge >= 0.3 is 5.97 Å². The standard InChI is InChI=1S/C20H28N2O5S/c1-13-3-4-15-14(11-13)17(19(24)25-2)18(28-15)21-16(23)12-22-7-5-20(6-8-22)26-9-10-27-20/h13H,3-12H2,1-2H3,(H,21,23). The highest BCUT2D eigenvalue weighted by atomic mass is 32.1. The van der Waals surface area contributed by atoms with Gasteiger partial charge in [0, 0.05) is 30.8 Å². The molecule has 0 aromatic carbocycles. The number of aryl methyl sites for hydroxylation is 1. The van der Waals surface area contributed by atoms with Gasteiger partial charge in [-0.1, -0.05) is 6.92 Å². The number of piperidine rings is 1. The maximum Gasteiger partial charge on any atom is 0.341 e. The summed E-state index contributed by atoms with van der Waals surface area (Å²) in [6.07, 6.45) is 4.48. The molecule has 154 valence electrons. The van der Waals surface area contributed by atoms with Crippen LogP contribution in [0.2, 0.25) is 0 Å². The number of nitrogens with zero attached hydrogens (tertiary/aromatic N) is 1. The number of nitrogens with one attached hydrogen (secondary N) is 1. The van der Waals surface area contributed by atoms with Crippen LogP contribution in [-0.4, -0.2) is 62.5 Å². The van der Waals surface area contributed by atoms with Gasteiger partial charge in [0.05, 0.1) is 32.4 Å². The molecule has 1 aromatic rings. The summed E-state index contributed by atoms with van der Waals surface area (Å²) < 4.78 is 16.5. The van der Waals surface area contributed by atoms with Crippen molar-refractivity contribution in [3.8, 4) is 0 Å². The Labute approximate surface area is 169 Å². The first kappa shape index (κ1) is 19.8. The number of rotatable bonds is 4. The molecule has 8 heteroatoms. The SMILES string of the molecule is COC(=O)c1c(NC(=O)CN2CCC3(CC2)OCCO3)sc2c1CC(C)CC2. The molecule has 2 aliphatic heterocycles. The molecule has 2 saturated heterocycles. The van der Waals surface area contributed by atoms with Crippen molar-refractivity contribution in [2.75, 3.05) is 45.3 Å². The molecular formula is C20H28N2O5S. The van der Waals surface area contributed by atoms with Crippen LogP contribution in [0.1, 0.15) is 47.0 Å². The number of carbonyl (C=O) groups excluding carboxylic acids is 2. The molecule has 1 aliphatic carbocycles. The molecule has 1 unspecified atom stereocenters. The first-order chi connectivity index (χ1) is 13.5. The minimum atomic E-state index is -0.436. The van der Waals surface area contributed by atoms with Crippen LogP contribution in [0, 0.1) is 5.92 Å². The van der Waals surface area contributed by atoms with Gasteiger partial charge in [0.2, 0.25) is 5.91 Å². The quantitative estimate of drug-likeness (QED) is 0.771. The Morgan fingerprint density at radius 1 is 1.29 bits per heavy atom. The third kappa shape index (κ3) is 3.96. The molecular weight excluding hydrogens is 380 g/mol. The highest BCUT2D eigenvalue weighted by Gasteiger charge is 2.40. The molecule has 1 atom stereocenters. The average molecular weight is 409 g/mol. The monoisotopic (exact) mass is 408 g/mol. The second kappa shape index (κ2) is 8.10. The fourth-order valence-corrected chi connectivity index (χ4v) is 5.62. The number of esters is 1. The summed E-state index contributed by atoms with van der Waals surface area (Å²) in [4.78, 5) is 28.4. The van der Waals surface area contributed by atoms with E-state index >= 15 is 0 Å². The number of fused-ring (bicyclic) bond motifs is 1. The molecule has 0 radical (unpaired) electrons. The third-order valence-corrected chi connectivity index (χ3v) is 7.16. The van der Waals surface area contributed by atoms with Gasteiger partial charge < -0.3 is 19.5 Å². The van der Waals surface area contributed by atoms with Gasteiger partial charge in [0.15, 0.2) is 5.79 Å². The van der Waals surface area contributed by atoms with Crippen molar-refractivity contribution in [1.29, 1.82) is 0 Å². The van der Waals surface area contributed by atoms with Crippen LogP contribution in [0.25, 0.3) is 0 Å². The summed E-state index contributed by atoms with van der Waals surface area (Å²) >= 11 is 1.52. The van der Waals surface area contributed by atoms with Gasteiger partial charge in [-0.25, -0.2) is 4.79 Å². The lowest BCUT2D eigenvalue weighted by atomic mass is 9.88. The minimum Gasteiger partial charge on any atom is -0.465 e. The zero-order valence-electron chi connectivity index (χ0n) is 16.5. The number of anilines is 1. The number of ether oxygens (including phenoxy) is 3. The average Bonchev–Trinajstić information content (AvgIpc) is 3.27. The molecule has 3 heterocycles. The second-order valence-corrected chi connectivity index (χ2v) is 9.08. The first-order valence-corrected chi connectivity index (χ1v) is 10.8. The first-order valence-electron chi connectivity index (χ1n) is 10.0. The normalized spacial score (nSPS) is 24.1. The Hall–Kier alpha value is -1.48. The largest absolute Gasteiger partial charge is 0.465 e. The second-order valence-electron chi connectivity index (χ2n) is 7.98. The molecule has 1 aromatic heterocycles. The van der Waals surface area contributed by atoms with Crippen LogP contribution in [0.15, 0.2) is 0 Å². The summed E-state index contributed by atoms with van der Waals surface area (Å²) in [6, 6.07) is 0.